The van der Waals surface area contributed by atoms with E-state index in [4.69, 9.17) is 15.2 Å². The minimum atomic E-state index is -0.615. The molecule has 2 unspecified atom stereocenters. The molecule has 4 rings (SSSR count). The summed E-state index contributed by atoms with van der Waals surface area (Å²) in [5, 5.41) is 3.06. The van der Waals surface area contributed by atoms with E-state index in [2.05, 4.69) is 11.4 Å². The van der Waals surface area contributed by atoms with Gasteiger partial charge in [0.15, 0.2) is 0 Å². The summed E-state index contributed by atoms with van der Waals surface area (Å²) in [5.41, 5.74) is 9.44. The van der Waals surface area contributed by atoms with E-state index in [-0.39, 0.29) is 17.9 Å². The summed E-state index contributed by atoms with van der Waals surface area (Å²) >= 11 is 0. The molecule has 0 saturated heterocycles. The molecule has 1 aliphatic heterocycles. The molecule has 0 spiro atoms. The number of amides is 1. The van der Waals surface area contributed by atoms with Crippen molar-refractivity contribution in [1.29, 1.82) is 0 Å². The first-order valence-corrected chi connectivity index (χ1v) is 10.6. The van der Waals surface area contributed by atoms with E-state index in [0.29, 0.717) is 19.6 Å². The molecule has 0 aromatic heterocycles. The number of para-hydroxylation sites is 1. The molecule has 3 aromatic carbocycles. The lowest BCUT2D eigenvalue weighted by molar-refractivity contribution is -0.123. The minimum Gasteiger partial charge on any atom is -0.493 e. The Morgan fingerprint density at radius 3 is 2.52 bits per heavy atom. The molecule has 3 atom stereocenters. The molecule has 0 saturated carbocycles. The summed E-state index contributed by atoms with van der Waals surface area (Å²) in [5.74, 6) is 1.67. The molecule has 3 N–H and O–H groups in total. The van der Waals surface area contributed by atoms with Gasteiger partial charge in [-0.2, -0.15) is 0 Å². The fourth-order valence-corrected chi connectivity index (χ4v) is 3.84. The third-order valence-electron chi connectivity index (χ3n) is 5.67. The molecule has 5 heteroatoms. The van der Waals surface area contributed by atoms with E-state index in [9.17, 15) is 4.79 Å². The highest BCUT2D eigenvalue weighted by Crippen LogP contribution is 2.35. The van der Waals surface area contributed by atoms with Crippen molar-refractivity contribution >= 4 is 5.91 Å². The van der Waals surface area contributed by atoms with Crippen molar-refractivity contribution in [3.63, 3.8) is 0 Å². The predicted molar refractivity (Wildman–Crippen MR) is 121 cm³/mol. The largest absolute Gasteiger partial charge is 0.493 e. The second kappa shape index (κ2) is 9.67. The Morgan fingerprint density at radius 2 is 1.74 bits per heavy atom. The Hall–Kier alpha value is -3.31. The molecular formula is C26H28N2O3. The Balaban J connectivity index is 1.27. The van der Waals surface area contributed by atoms with Crippen LogP contribution in [-0.2, 0) is 17.8 Å². The van der Waals surface area contributed by atoms with Crippen LogP contribution in [-0.4, -0.2) is 24.6 Å². The van der Waals surface area contributed by atoms with Crippen LogP contribution in [0.15, 0.2) is 78.9 Å². The first kappa shape index (κ1) is 20.9. The van der Waals surface area contributed by atoms with Crippen LogP contribution in [0, 0.1) is 0 Å². The van der Waals surface area contributed by atoms with E-state index >= 15 is 0 Å². The van der Waals surface area contributed by atoms with Crippen LogP contribution in [0.25, 0.3) is 0 Å². The zero-order valence-corrected chi connectivity index (χ0v) is 17.7. The molecular weight excluding hydrogens is 388 g/mol. The number of hydrogen-bond acceptors (Lipinski definition) is 4. The highest BCUT2D eigenvalue weighted by atomic mass is 16.5. The average Bonchev–Trinajstić information content (AvgIpc) is 3.23. The zero-order valence-electron chi connectivity index (χ0n) is 17.7. The molecule has 160 valence electrons. The van der Waals surface area contributed by atoms with Gasteiger partial charge in [0.25, 0.3) is 0 Å². The summed E-state index contributed by atoms with van der Waals surface area (Å²) in [7, 11) is 0. The Morgan fingerprint density at radius 1 is 1.03 bits per heavy atom. The van der Waals surface area contributed by atoms with Gasteiger partial charge in [0, 0.05) is 17.5 Å². The first-order chi connectivity index (χ1) is 15.1. The third kappa shape index (κ3) is 5.25. The molecule has 1 amide bonds. The quantitative estimate of drug-likeness (QED) is 0.586. The van der Waals surface area contributed by atoms with Gasteiger partial charge >= 0.3 is 0 Å². The number of nitrogens with two attached hydrogens (primary N) is 1. The second-order valence-electron chi connectivity index (χ2n) is 7.98. The molecule has 1 aliphatic rings. The fraction of sp³-hybridized carbons (Fsp3) is 0.269. The summed E-state index contributed by atoms with van der Waals surface area (Å²) in [6.45, 7) is 3.09. The normalized spacial score (nSPS) is 16.6. The second-order valence-corrected chi connectivity index (χ2v) is 7.98. The predicted octanol–water partition coefficient (Wildman–Crippen LogP) is 3.82. The van der Waals surface area contributed by atoms with Gasteiger partial charge in [0.1, 0.15) is 18.1 Å². The SMILES string of the molecule is CC(NC(=O)[C@@H](N)Cc1ccc(OCc2ccccc2)cc1)C1COc2ccccc21. The lowest BCUT2D eigenvalue weighted by Crippen LogP contribution is -2.47. The molecule has 0 aliphatic carbocycles. The van der Waals surface area contributed by atoms with Gasteiger partial charge < -0.3 is 20.5 Å². The average molecular weight is 417 g/mol. The standard InChI is InChI=1S/C26H28N2O3/c1-18(23-17-31-25-10-6-5-9-22(23)25)28-26(29)24(27)15-19-11-13-21(14-12-19)30-16-20-7-3-2-4-8-20/h2-14,18,23-24H,15-17,27H2,1H3,(H,28,29)/t18?,23?,24-/m0/s1. The van der Waals surface area contributed by atoms with Crippen LogP contribution in [0.5, 0.6) is 11.5 Å². The Labute approximate surface area is 183 Å². The van der Waals surface area contributed by atoms with Gasteiger partial charge in [-0.15, -0.1) is 0 Å². The molecule has 31 heavy (non-hydrogen) atoms. The van der Waals surface area contributed by atoms with E-state index < -0.39 is 6.04 Å². The highest BCUT2D eigenvalue weighted by Gasteiger charge is 2.30. The summed E-state index contributed by atoms with van der Waals surface area (Å²) in [4.78, 5) is 12.7. The number of hydrogen-bond donors (Lipinski definition) is 2. The molecule has 5 nitrogen and oxygen atoms in total. The fourth-order valence-electron chi connectivity index (χ4n) is 3.84. The van der Waals surface area contributed by atoms with Gasteiger partial charge in [-0.3, -0.25) is 4.79 Å². The highest BCUT2D eigenvalue weighted by molar-refractivity contribution is 5.82. The van der Waals surface area contributed by atoms with Crippen molar-refractivity contribution < 1.29 is 14.3 Å². The van der Waals surface area contributed by atoms with E-state index in [0.717, 1.165) is 28.2 Å². The number of nitrogens with one attached hydrogen (secondary N) is 1. The number of rotatable bonds is 8. The van der Waals surface area contributed by atoms with E-state index in [1.54, 1.807) is 0 Å². The number of carbonyl (C=O) groups is 1. The first-order valence-electron chi connectivity index (χ1n) is 10.6. The van der Waals surface area contributed by atoms with Crippen LogP contribution >= 0.6 is 0 Å². The van der Waals surface area contributed by atoms with Crippen LogP contribution in [0.1, 0.15) is 29.5 Å². The lowest BCUT2D eigenvalue weighted by atomic mass is 9.94. The molecule has 0 fully saturated rings. The maximum absolute atomic E-state index is 12.7. The van der Waals surface area contributed by atoms with Gasteiger partial charge in [0.05, 0.1) is 12.6 Å². The third-order valence-corrected chi connectivity index (χ3v) is 5.67. The van der Waals surface area contributed by atoms with E-state index in [1.807, 2.05) is 79.7 Å². The topological polar surface area (TPSA) is 73.6 Å². The van der Waals surface area contributed by atoms with Gasteiger partial charge in [-0.25, -0.2) is 0 Å². The smallest absolute Gasteiger partial charge is 0.237 e. The van der Waals surface area contributed by atoms with Crippen LogP contribution < -0.4 is 20.5 Å². The Bertz CT molecular complexity index is 1000. The molecule has 0 radical (unpaired) electrons. The maximum atomic E-state index is 12.7. The number of benzene rings is 3. The maximum Gasteiger partial charge on any atom is 0.237 e. The van der Waals surface area contributed by atoms with Crippen LogP contribution in [0.4, 0.5) is 0 Å². The van der Waals surface area contributed by atoms with Crippen molar-refractivity contribution in [3.8, 4) is 11.5 Å². The van der Waals surface area contributed by atoms with Gasteiger partial charge in [0.2, 0.25) is 5.91 Å². The van der Waals surface area contributed by atoms with Crippen molar-refractivity contribution in [1.82, 2.24) is 5.32 Å². The number of carbonyl (C=O) groups excluding carboxylic acids is 1. The summed E-state index contributed by atoms with van der Waals surface area (Å²) in [6.07, 6.45) is 0.468. The van der Waals surface area contributed by atoms with Crippen molar-refractivity contribution in [3.05, 3.63) is 95.6 Å². The number of fused-ring (bicyclic) bond motifs is 1. The lowest BCUT2D eigenvalue weighted by Gasteiger charge is -2.22. The van der Waals surface area contributed by atoms with Gasteiger partial charge in [-0.05, 0) is 42.7 Å². The van der Waals surface area contributed by atoms with Crippen LogP contribution in [0.2, 0.25) is 0 Å². The van der Waals surface area contributed by atoms with Gasteiger partial charge in [-0.1, -0.05) is 60.7 Å². The monoisotopic (exact) mass is 416 g/mol. The molecule has 0 bridgehead atoms. The van der Waals surface area contributed by atoms with E-state index in [1.165, 1.54) is 0 Å². The zero-order chi connectivity index (χ0) is 21.6. The molecule has 3 aromatic rings. The number of ether oxygens (including phenoxy) is 2. The van der Waals surface area contributed by atoms with Crippen molar-refractivity contribution in [2.75, 3.05) is 6.61 Å². The minimum absolute atomic E-state index is 0.0593. The van der Waals surface area contributed by atoms with Crippen molar-refractivity contribution in [2.24, 2.45) is 5.73 Å². The van der Waals surface area contributed by atoms with Crippen molar-refractivity contribution in [2.45, 2.75) is 38.0 Å². The molecule has 1 heterocycles. The summed E-state index contributed by atoms with van der Waals surface area (Å²) < 4.78 is 11.6. The van der Waals surface area contributed by atoms with Crippen LogP contribution in [0.3, 0.4) is 0 Å². The Kier molecular flexibility index (Phi) is 6.53. The summed E-state index contributed by atoms with van der Waals surface area (Å²) in [6, 6.07) is 25.1.